The van der Waals surface area contributed by atoms with Gasteiger partial charge in [-0.05, 0) is 83.6 Å². The van der Waals surface area contributed by atoms with Gasteiger partial charge in [0.2, 0.25) is 5.91 Å². The molecule has 0 radical (unpaired) electrons. The number of β-lactam (4-membered cyclic amide) rings is 1. The van der Waals surface area contributed by atoms with Gasteiger partial charge in [-0.25, -0.2) is 8.78 Å². The molecule has 4 aromatic rings. The lowest BCUT2D eigenvalue weighted by molar-refractivity contribution is -0.131. The van der Waals surface area contributed by atoms with Crippen molar-refractivity contribution in [3.05, 3.63) is 120 Å². The van der Waals surface area contributed by atoms with Crippen LogP contribution in [-0.4, -0.2) is 18.1 Å². The van der Waals surface area contributed by atoms with E-state index in [1.807, 2.05) is 48.5 Å². The van der Waals surface area contributed by atoms with E-state index in [0.717, 1.165) is 22.4 Å². The molecular formula is C31H27F2NO3. The molecule has 0 aliphatic carbocycles. The molecule has 0 saturated carbocycles. The van der Waals surface area contributed by atoms with Crippen molar-refractivity contribution in [2.24, 2.45) is 5.92 Å². The second kappa shape index (κ2) is 10.5. The van der Waals surface area contributed by atoms with Crippen molar-refractivity contribution >= 4 is 11.6 Å². The minimum Gasteiger partial charge on any atom is -0.497 e. The lowest BCUT2D eigenvalue weighted by Crippen LogP contribution is -2.55. The fourth-order valence-corrected chi connectivity index (χ4v) is 4.97. The van der Waals surface area contributed by atoms with Crippen LogP contribution in [0.5, 0.6) is 5.75 Å². The molecule has 1 fully saturated rings. The minimum atomic E-state index is -0.802. The highest BCUT2D eigenvalue weighted by atomic mass is 19.1. The van der Waals surface area contributed by atoms with Gasteiger partial charge in [0.05, 0.1) is 25.2 Å². The highest BCUT2D eigenvalue weighted by molar-refractivity contribution is 6.03. The van der Waals surface area contributed by atoms with Gasteiger partial charge >= 0.3 is 0 Å². The standard InChI is InChI=1S/C31H27F2NO3/c1-37-27-4-2-3-23(19-27)20-5-7-22(8-6-20)30-28(17-18-29(35)21-9-11-24(32)12-10-21)31(36)34(30)26-15-13-25(33)14-16-26/h2-16,19,28-30,35H,17-18H2,1H3/t28-,29+,30-/m1/s1. The maximum Gasteiger partial charge on any atom is 0.233 e. The number of hydrogen-bond donors (Lipinski definition) is 1. The Balaban J connectivity index is 1.40. The minimum absolute atomic E-state index is 0.0696. The van der Waals surface area contributed by atoms with Gasteiger partial charge in [-0.1, -0.05) is 48.5 Å². The Morgan fingerprint density at radius 1 is 0.865 bits per heavy atom. The van der Waals surface area contributed by atoms with Gasteiger partial charge in [-0.2, -0.15) is 0 Å². The smallest absolute Gasteiger partial charge is 0.233 e. The normalized spacial score (nSPS) is 17.8. The number of methoxy groups -OCH3 is 1. The predicted molar refractivity (Wildman–Crippen MR) is 139 cm³/mol. The van der Waals surface area contributed by atoms with Crippen molar-refractivity contribution in [3.8, 4) is 16.9 Å². The molecule has 0 unspecified atom stereocenters. The van der Waals surface area contributed by atoms with Gasteiger partial charge in [0.1, 0.15) is 17.4 Å². The Bertz CT molecular complexity index is 1370. The van der Waals surface area contributed by atoms with E-state index in [1.54, 1.807) is 36.3 Å². The van der Waals surface area contributed by atoms with Crippen molar-refractivity contribution < 1.29 is 23.4 Å². The van der Waals surface area contributed by atoms with E-state index >= 15 is 0 Å². The van der Waals surface area contributed by atoms with Crippen LogP contribution in [0.2, 0.25) is 0 Å². The number of rotatable bonds is 8. The van der Waals surface area contributed by atoms with Crippen molar-refractivity contribution in [1.29, 1.82) is 0 Å². The average molecular weight is 500 g/mol. The third-order valence-electron chi connectivity index (χ3n) is 6.98. The fraction of sp³-hybridized carbons (Fsp3) is 0.194. The zero-order valence-corrected chi connectivity index (χ0v) is 20.4. The van der Waals surface area contributed by atoms with E-state index in [2.05, 4.69) is 0 Å². The van der Waals surface area contributed by atoms with Crippen LogP contribution in [-0.2, 0) is 4.79 Å². The molecule has 188 valence electrons. The van der Waals surface area contributed by atoms with Crippen LogP contribution >= 0.6 is 0 Å². The van der Waals surface area contributed by atoms with Gasteiger partial charge in [0.25, 0.3) is 0 Å². The molecule has 37 heavy (non-hydrogen) atoms. The highest BCUT2D eigenvalue weighted by Gasteiger charge is 2.48. The molecule has 6 heteroatoms. The Labute approximate surface area is 214 Å². The number of nitrogens with zero attached hydrogens (tertiary/aromatic N) is 1. The van der Waals surface area contributed by atoms with Gasteiger partial charge in [0.15, 0.2) is 0 Å². The Morgan fingerprint density at radius 2 is 1.51 bits per heavy atom. The van der Waals surface area contributed by atoms with Crippen molar-refractivity contribution in [3.63, 3.8) is 0 Å². The molecule has 1 aliphatic heterocycles. The SMILES string of the molecule is COc1cccc(-c2ccc([C@@H]3[C@@H](CC[C@H](O)c4ccc(F)cc4)C(=O)N3c3ccc(F)cc3)cc2)c1. The molecule has 1 aliphatic rings. The number of carbonyl (C=O) groups excluding carboxylic acids is 1. The number of aliphatic hydroxyl groups is 1. The molecule has 1 heterocycles. The first-order valence-electron chi connectivity index (χ1n) is 12.2. The van der Waals surface area contributed by atoms with Crippen molar-refractivity contribution in [2.45, 2.75) is 25.0 Å². The quantitative estimate of drug-likeness (QED) is 0.270. The van der Waals surface area contributed by atoms with Crippen molar-refractivity contribution in [2.75, 3.05) is 12.0 Å². The maximum absolute atomic E-state index is 13.6. The van der Waals surface area contributed by atoms with Crippen LogP contribution in [0, 0.1) is 17.6 Å². The molecule has 0 bridgehead atoms. The zero-order valence-electron chi connectivity index (χ0n) is 20.4. The van der Waals surface area contributed by atoms with Crippen molar-refractivity contribution in [1.82, 2.24) is 0 Å². The summed E-state index contributed by atoms with van der Waals surface area (Å²) in [5, 5.41) is 10.6. The first-order chi connectivity index (χ1) is 17.9. The molecule has 0 aromatic heterocycles. The first-order valence-corrected chi connectivity index (χ1v) is 12.2. The zero-order chi connectivity index (χ0) is 25.9. The van der Waals surface area contributed by atoms with E-state index in [1.165, 1.54) is 24.3 Å². The van der Waals surface area contributed by atoms with Crippen LogP contribution in [0.4, 0.5) is 14.5 Å². The number of benzene rings is 4. The van der Waals surface area contributed by atoms with E-state index in [0.29, 0.717) is 24.1 Å². The second-order valence-electron chi connectivity index (χ2n) is 9.23. The third kappa shape index (κ3) is 5.11. The highest BCUT2D eigenvalue weighted by Crippen LogP contribution is 2.46. The van der Waals surface area contributed by atoms with Gasteiger partial charge < -0.3 is 14.7 Å². The summed E-state index contributed by atoms with van der Waals surface area (Å²) in [5.41, 5.74) is 4.23. The summed E-state index contributed by atoms with van der Waals surface area (Å²) in [6.07, 6.45) is 0.0130. The van der Waals surface area contributed by atoms with E-state index in [-0.39, 0.29) is 29.5 Å². The summed E-state index contributed by atoms with van der Waals surface area (Å²) in [7, 11) is 1.63. The second-order valence-corrected chi connectivity index (χ2v) is 9.23. The van der Waals surface area contributed by atoms with Gasteiger partial charge in [-0.15, -0.1) is 0 Å². The lowest BCUT2D eigenvalue weighted by Gasteiger charge is -2.48. The summed E-state index contributed by atoms with van der Waals surface area (Å²) in [5.74, 6) is -0.372. The van der Waals surface area contributed by atoms with E-state index in [9.17, 15) is 18.7 Å². The summed E-state index contributed by atoms with van der Waals surface area (Å²) in [4.78, 5) is 15.0. The molecule has 1 saturated heterocycles. The summed E-state index contributed by atoms with van der Waals surface area (Å²) in [6, 6.07) is 27.2. The Morgan fingerprint density at radius 3 is 2.16 bits per heavy atom. The summed E-state index contributed by atoms with van der Waals surface area (Å²) >= 11 is 0. The molecule has 4 nitrogen and oxygen atoms in total. The monoisotopic (exact) mass is 499 g/mol. The third-order valence-corrected chi connectivity index (χ3v) is 6.98. The number of ether oxygens (including phenoxy) is 1. The lowest BCUT2D eigenvalue weighted by atomic mass is 9.78. The van der Waals surface area contributed by atoms with E-state index in [4.69, 9.17) is 4.74 Å². The average Bonchev–Trinajstić information content (AvgIpc) is 2.93. The summed E-state index contributed by atoms with van der Waals surface area (Å²) < 4.78 is 32.2. The summed E-state index contributed by atoms with van der Waals surface area (Å²) in [6.45, 7) is 0. The molecule has 5 rings (SSSR count). The van der Waals surface area contributed by atoms with Crippen LogP contribution in [0.25, 0.3) is 11.1 Å². The largest absolute Gasteiger partial charge is 0.497 e. The van der Waals surface area contributed by atoms with E-state index < -0.39 is 6.10 Å². The predicted octanol–water partition coefficient (Wildman–Crippen LogP) is 6.86. The topological polar surface area (TPSA) is 49.8 Å². The number of carbonyl (C=O) groups is 1. The number of amides is 1. The number of aliphatic hydroxyl groups excluding tert-OH is 1. The molecule has 0 spiro atoms. The number of anilines is 1. The van der Waals surface area contributed by atoms with Gasteiger partial charge in [0, 0.05) is 5.69 Å². The molecule has 4 aromatic carbocycles. The molecule has 1 amide bonds. The van der Waals surface area contributed by atoms with Crippen LogP contribution in [0.15, 0.2) is 97.1 Å². The van der Waals surface area contributed by atoms with Crippen LogP contribution in [0.1, 0.15) is 36.1 Å². The van der Waals surface area contributed by atoms with Gasteiger partial charge in [-0.3, -0.25) is 4.79 Å². The molecule has 1 N–H and O–H groups in total. The maximum atomic E-state index is 13.6. The van der Waals surface area contributed by atoms with Crippen LogP contribution in [0.3, 0.4) is 0 Å². The first kappa shape index (κ1) is 24.7. The van der Waals surface area contributed by atoms with Crippen LogP contribution < -0.4 is 9.64 Å². The number of halogens is 2. The Kier molecular flexibility index (Phi) is 7.01. The number of hydrogen-bond acceptors (Lipinski definition) is 3. The fourth-order valence-electron chi connectivity index (χ4n) is 4.97. The Hall–Kier alpha value is -4.03. The molecular weight excluding hydrogens is 472 g/mol. The molecule has 3 atom stereocenters.